The number of hydrogen-bond donors (Lipinski definition) is 0. The molecule has 0 nitrogen and oxygen atoms in total. The summed E-state index contributed by atoms with van der Waals surface area (Å²) in [5.41, 5.74) is 0.745. The van der Waals surface area contributed by atoms with Gasteiger partial charge in [-0.3, -0.25) is 0 Å². The summed E-state index contributed by atoms with van der Waals surface area (Å²) >= 11 is 5.89. The van der Waals surface area contributed by atoms with E-state index in [4.69, 9.17) is 11.6 Å². The van der Waals surface area contributed by atoms with Crippen molar-refractivity contribution in [2.24, 2.45) is 17.8 Å². The molecule has 0 aromatic heterocycles. The fourth-order valence-corrected chi connectivity index (χ4v) is 5.18. The van der Waals surface area contributed by atoms with E-state index < -0.39 is 11.8 Å². The lowest BCUT2D eigenvalue weighted by atomic mass is 9.66. The molecule has 2 atom stereocenters. The predicted octanol–water partition coefficient (Wildman–Crippen LogP) is 7.47. The fourth-order valence-electron chi connectivity index (χ4n) is 5.05. The van der Waals surface area contributed by atoms with Gasteiger partial charge in [0.25, 0.3) is 5.92 Å². The molecule has 0 heterocycles. The smallest absolute Gasteiger partial charge is 0.206 e. The molecule has 1 aromatic carbocycles. The zero-order valence-corrected chi connectivity index (χ0v) is 15.4. The van der Waals surface area contributed by atoms with Gasteiger partial charge in [0.1, 0.15) is 0 Å². The van der Waals surface area contributed by atoms with Crippen LogP contribution in [0, 0.1) is 17.8 Å². The third-order valence-corrected chi connectivity index (χ3v) is 6.65. The van der Waals surface area contributed by atoms with Gasteiger partial charge in [-0.05, 0) is 61.1 Å². The molecular weight excluding hydrogens is 326 g/mol. The summed E-state index contributed by atoms with van der Waals surface area (Å²) in [6.07, 6.45) is 9.02. The van der Waals surface area contributed by atoms with E-state index in [1.165, 1.54) is 25.7 Å². The van der Waals surface area contributed by atoms with Crippen LogP contribution in [-0.4, -0.2) is 5.92 Å². The molecule has 0 radical (unpaired) electrons. The molecule has 2 aliphatic carbocycles. The minimum Gasteiger partial charge on any atom is -0.206 e. The molecule has 3 heteroatoms. The van der Waals surface area contributed by atoms with Gasteiger partial charge < -0.3 is 0 Å². The van der Waals surface area contributed by atoms with Gasteiger partial charge in [-0.15, -0.1) is 0 Å². The molecule has 0 unspecified atom stereocenters. The van der Waals surface area contributed by atoms with Crippen molar-refractivity contribution in [1.82, 2.24) is 0 Å². The molecule has 2 fully saturated rings. The van der Waals surface area contributed by atoms with Crippen molar-refractivity contribution in [3.05, 3.63) is 34.9 Å². The van der Waals surface area contributed by atoms with E-state index in [0.29, 0.717) is 17.4 Å². The van der Waals surface area contributed by atoms with Gasteiger partial charge in [-0.1, -0.05) is 56.3 Å². The van der Waals surface area contributed by atoms with Gasteiger partial charge in [0.05, 0.1) is 0 Å². The molecular formula is C21H29ClF2. The summed E-state index contributed by atoms with van der Waals surface area (Å²) in [5, 5.41) is 0.611. The third-order valence-electron chi connectivity index (χ3n) is 6.40. The van der Waals surface area contributed by atoms with Crippen LogP contribution in [0.4, 0.5) is 8.78 Å². The normalized spacial score (nSPS) is 33.3. The van der Waals surface area contributed by atoms with Gasteiger partial charge in [0.15, 0.2) is 0 Å². The van der Waals surface area contributed by atoms with Crippen LogP contribution in [0.2, 0.25) is 5.02 Å². The maximum absolute atomic E-state index is 14.8. The monoisotopic (exact) mass is 354 g/mol. The summed E-state index contributed by atoms with van der Waals surface area (Å²) in [6, 6.07) is 7.01. The number of benzene rings is 1. The summed E-state index contributed by atoms with van der Waals surface area (Å²) < 4.78 is 29.6. The van der Waals surface area contributed by atoms with Crippen molar-refractivity contribution in [2.75, 3.05) is 0 Å². The minimum absolute atomic E-state index is 0.0728. The minimum atomic E-state index is -2.59. The van der Waals surface area contributed by atoms with Gasteiger partial charge in [0.2, 0.25) is 0 Å². The quantitative estimate of drug-likeness (QED) is 0.526. The van der Waals surface area contributed by atoms with Gasteiger partial charge >= 0.3 is 0 Å². The van der Waals surface area contributed by atoms with E-state index in [1.54, 1.807) is 24.3 Å². The topological polar surface area (TPSA) is 0 Å². The van der Waals surface area contributed by atoms with Crippen LogP contribution in [0.5, 0.6) is 0 Å². The molecule has 0 aliphatic heterocycles. The Kier molecular flexibility index (Phi) is 5.85. The van der Waals surface area contributed by atoms with Crippen LogP contribution < -0.4 is 0 Å². The van der Waals surface area contributed by atoms with E-state index in [9.17, 15) is 8.78 Å². The molecule has 134 valence electrons. The number of hydrogen-bond acceptors (Lipinski definition) is 0. The molecule has 2 aliphatic rings. The third kappa shape index (κ3) is 4.12. The fraction of sp³-hybridized carbons (Fsp3) is 0.714. The first-order valence-electron chi connectivity index (χ1n) is 9.63. The summed E-state index contributed by atoms with van der Waals surface area (Å²) in [5.74, 6) is -1.64. The van der Waals surface area contributed by atoms with Crippen LogP contribution >= 0.6 is 11.6 Å². The zero-order chi connectivity index (χ0) is 17.2. The van der Waals surface area contributed by atoms with E-state index in [0.717, 1.165) is 30.7 Å². The summed E-state index contributed by atoms with van der Waals surface area (Å²) in [6.45, 7) is 2.24. The second kappa shape index (κ2) is 7.72. The van der Waals surface area contributed by atoms with Crippen molar-refractivity contribution >= 4 is 11.6 Å². The Balaban J connectivity index is 1.60. The van der Waals surface area contributed by atoms with Crippen molar-refractivity contribution < 1.29 is 8.78 Å². The maximum Gasteiger partial charge on any atom is 0.255 e. The van der Waals surface area contributed by atoms with Crippen LogP contribution in [0.25, 0.3) is 0 Å². The Labute approximate surface area is 150 Å². The van der Waals surface area contributed by atoms with Gasteiger partial charge in [-0.2, -0.15) is 0 Å². The van der Waals surface area contributed by atoms with Crippen molar-refractivity contribution in [3.8, 4) is 0 Å². The molecule has 24 heavy (non-hydrogen) atoms. The lowest BCUT2D eigenvalue weighted by Gasteiger charge is -2.41. The van der Waals surface area contributed by atoms with E-state index in [2.05, 4.69) is 6.92 Å². The lowest BCUT2D eigenvalue weighted by Crippen LogP contribution is -2.37. The average molecular weight is 355 g/mol. The molecule has 0 saturated heterocycles. The van der Waals surface area contributed by atoms with E-state index in [-0.39, 0.29) is 12.3 Å². The van der Waals surface area contributed by atoms with E-state index in [1.807, 2.05) is 0 Å². The van der Waals surface area contributed by atoms with Gasteiger partial charge in [0, 0.05) is 17.4 Å². The van der Waals surface area contributed by atoms with Crippen molar-refractivity contribution in [3.63, 3.8) is 0 Å². The Morgan fingerprint density at radius 2 is 1.58 bits per heavy atom. The molecule has 0 amide bonds. The standard InChI is InChI=1S/C21H29ClF2/c1-2-3-15-4-6-16(7-5-15)18-10-13-20(21(23,24)14-18)17-8-11-19(22)12-9-17/h8-9,11-12,15-16,18,20H,2-7,10,13-14H2,1H3/t15?,16?,18-,20+/m0/s1. The van der Waals surface area contributed by atoms with Crippen molar-refractivity contribution in [1.29, 1.82) is 0 Å². The number of halogens is 3. The highest BCUT2D eigenvalue weighted by molar-refractivity contribution is 6.30. The molecule has 0 spiro atoms. The van der Waals surface area contributed by atoms with Gasteiger partial charge in [-0.25, -0.2) is 8.78 Å². The Morgan fingerprint density at radius 3 is 2.17 bits per heavy atom. The first-order valence-corrected chi connectivity index (χ1v) is 10.0. The molecule has 0 N–H and O–H groups in total. The molecule has 3 rings (SSSR count). The largest absolute Gasteiger partial charge is 0.255 e. The van der Waals surface area contributed by atoms with Crippen molar-refractivity contribution in [2.45, 2.75) is 76.6 Å². The predicted molar refractivity (Wildman–Crippen MR) is 96.8 cm³/mol. The van der Waals surface area contributed by atoms with Crippen LogP contribution in [0.15, 0.2) is 24.3 Å². The second-order valence-corrected chi connectivity index (χ2v) is 8.41. The summed E-state index contributed by atoms with van der Waals surface area (Å²) in [7, 11) is 0. The Hall–Kier alpha value is -0.630. The Morgan fingerprint density at radius 1 is 0.958 bits per heavy atom. The average Bonchev–Trinajstić information content (AvgIpc) is 2.56. The molecule has 1 aromatic rings. The number of alkyl halides is 2. The highest BCUT2D eigenvalue weighted by atomic mass is 35.5. The highest BCUT2D eigenvalue weighted by Gasteiger charge is 2.47. The summed E-state index contributed by atoms with van der Waals surface area (Å²) in [4.78, 5) is 0. The first kappa shape index (κ1) is 18.2. The SMILES string of the molecule is CCCC1CCC([C@H]2CC[C@H](c3ccc(Cl)cc3)C(F)(F)C2)CC1. The second-order valence-electron chi connectivity index (χ2n) is 7.98. The van der Waals surface area contributed by atoms with Crippen LogP contribution in [0.3, 0.4) is 0 Å². The molecule has 2 saturated carbocycles. The zero-order valence-electron chi connectivity index (χ0n) is 14.6. The van der Waals surface area contributed by atoms with Crippen LogP contribution in [-0.2, 0) is 0 Å². The van der Waals surface area contributed by atoms with Crippen LogP contribution in [0.1, 0.15) is 76.2 Å². The lowest BCUT2D eigenvalue weighted by molar-refractivity contribution is -0.0845. The highest BCUT2D eigenvalue weighted by Crippen LogP contribution is 2.51. The molecule has 0 bridgehead atoms. The van der Waals surface area contributed by atoms with E-state index >= 15 is 0 Å². The first-order chi connectivity index (χ1) is 11.5. The maximum atomic E-state index is 14.8. The number of rotatable bonds is 4. The Bertz CT molecular complexity index is 517.